The summed E-state index contributed by atoms with van der Waals surface area (Å²) < 4.78 is 5.11. The van der Waals surface area contributed by atoms with Gasteiger partial charge in [-0.2, -0.15) is 0 Å². The number of nitrogens with zero attached hydrogens (tertiary/aromatic N) is 1. The molecule has 0 radical (unpaired) electrons. The van der Waals surface area contributed by atoms with Gasteiger partial charge >= 0.3 is 0 Å². The van der Waals surface area contributed by atoms with Crippen LogP contribution in [0, 0.1) is 5.41 Å². The summed E-state index contributed by atoms with van der Waals surface area (Å²) in [5, 5.41) is 3.56. The molecule has 1 unspecified atom stereocenters. The van der Waals surface area contributed by atoms with Crippen LogP contribution in [0.2, 0.25) is 0 Å². The van der Waals surface area contributed by atoms with Crippen molar-refractivity contribution in [1.82, 2.24) is 4.98 Å². The number of nitrogens with one attached hydrogen (secondary N) is 1. The predicted molar refractivity (Wildman–Crippen MR) is 70.4 cm³/mol. The van der Waals surface area contributed by atoms with E-state index in [-0.39, 0.29) is 0 Å². The standard InChI is InChI=1S/C14H22N2O/c1-14(2)9-5-4-6-12(14)16-13-8-7-11(17-3)10-15-13/h7-8,10,12H,4-6,9H2,1-3H3,(H,15,16). The van der Waals surface area contributed by atoms with Crippen molar-refractivity contribution in [2.24, 2.45) is 5.41 Å². The van der Waals surface area contributed by atoms with Crippen LogP contribution in [0.5, 0.6) is 5.75 Å². The summed E-state index contributed by atoms with van der Waals surface area (Å²) in [7, 11) is 1.66. The maximum Gasteiger partial charge on any atom is 0.137 e. The van der Waals surface area contributed by atoms with Crippen molar-refractivity contribution in [3.8, 4) is 5.75 Å². The molecule has 3 nitrogen and oxygen atoms in total. The van der Waals surface area contributed by atoms with Gasteiger partial charge in [-0.25, -0.2) is 4.98 Å². The lowest BCUT2D eigenvalue weighted by Crippen LogP contribution is -2.39. The van der Waals surface area contributed by atoms with Crippen molar-refractivity contribution in [3.63, 3.8) is 0 Å². The number of pyridine rings is 1. The van der Waals surface area contributed by atoms with Gasteiger partial charge < -0.3 is 10.1 Å². The summed E-state index contributed by atoms with van der Waals surface area (Å²) in [6.45, 7) is 4.68. The van der Waals surface area contributed by atoms with E-state index in [1.165, 1.54) is 25.7 Å². The van der Waals surface area contributed by atoms with Gasteiger partial charge in [-0.3, -0.25) is 0 Å². The Kier molecular flexibility index (Phi) is 3.55. The van der Waals surface area contributed by atoms with Crippen LogP contribution in [-0.4, -0.2) is 18.1 Å². The molecule has 1 heterocycles. The van der Waals surface area contributed by atoms with E-state index in [0.717, 1.165) is 11.6 Å². The van der Waals surface area contributed by atoms with Crippen LogP contribution in [0.1, 0.15) is 39.5 Å². The molecule has 17 heavy (non-hydrogen) atoms. The van der Waals surface area contributed by atoms with E-state index in [9.17, 15) is 0 Å². The molecule has 0 saturated heterocycles. The van der Waals surface area contributed by atoms with Crippen LogP contribution < -0.4 is 10.1 Å². The fourth-order valence-electron chi connectivity index (χ4n) is 2.53. The second kappa shape index (κ2) is 4.94. The van der Waals surface area contributed by atoms with E-state index in [2.05, 4.69) is 24.1 Å². The van der Waals surface area contributed by atoms with Crippen molar-refractivity contribution in [2.45, 2.75) is 45.6 Å². The molecular formula is C14H22N2O. The average molecular weight is 234 g/mol. The second-order valence-corrected chi connectivity index (χ2v) is 5.51. The molecule has 0 aliphatic heterocycles. The third-order valence-corrected chi connectivity index (χ3v) is 3.80. The van der Waals surface area contributed by atoms with E-state index in [0.29, 0.717) is 11.5 Å². The molecule has 0 spiro atoms. The zero-order valence-corrected chi connectivity index (χ0v) is 11.0. The highest BCUT2D eigenvalue weighted by molar-refractivity contribution is 5.39. The third kappa shape index (κ3) is 2.90. The second-order valence-electron chi connectivity index (χ2n) is 5.51. The van der Waals surface area contributed by atoms with E-state index >= 15 is 0 Å². The number of aromatic nitrogens is 1. The minimum absolute atomic E-state index is 0.361. The summed E-state index contributed by atoms with van der Waals surface area (Å²) in [6.07, 6.45) is 6.96. The lowest BCUT2D eigenvalue weighted by molar-refractivity contribution is 0.216. The molecular weight excluding hydrogens is 212 g/mol. The largest absolute Gasteiger partial charge is 0.495 e. The van der Waals surface area contributed by atoms with Crippen LogP contribution >= 0.6 is 0 Å². The van der Waals surface area contributed by atoms with E-state index < -0.39 is 0 Å². The fourth-order valence-corrected chi connectivity index (χ4v) is 2.53. The first-order valence-corrected chi connectivity index (χ1v) is 6.38. The number of hydrogen-bond acceptors (Lipinski definition) is 3. The molecule has 94 valence electrons. The number of ether oxygens (including phenoxy) is 1. The highest BCUT2D eigenvalue weighted by Crippen LogP contribution is 2.37. The van der Waals surface area contributed by atoms with Gasteiger partial charge in [0.1, 0.15) is 11.6 Å². The Bertz CT molecular complexity index is 359. The quantitative estimate of drug-likeness (QED) is 0.869. The Labute approximate surface area is 104 Å². The van der Waals surface area contributed by atoms with Crippen LogP contribution in [0.25, 0.3) is 0 Å². The van der Waals surface area contributed by atoms with Crippen LogP contribution in [-0.2, 0) is 0 Å². The van der Waals surface area contributed by atoms with Gasteiger partial charge in [-0.05, 0) is 30.4 Å². The first-order valence-electron chi connectivity index (χ1n) is 6.38. The van der Waals surface area contributed by atoms with Gasteiger partial charge in [0, 0.05) is 6.04 Å². The molecule has 1 N–H and O–H groups in total. The number of rotatable bonds is 3. The first kappa shape index (κ1) is 12.2. The molecule has 2 rings (SSSR count). The molecule has 1 fully saturated rings. The molecule has 1 saturated carbocycles. The molecule has 1 aliphatic carbocycles. The third-order valence-electron chi connectivity index (χ3n) is 3.80. The van der Waals surface area contributed by atoms with Gasteiger partial charge in [-0.15, -0.1) is 0 Å². The van der Waals surface area contributed by atoms with Crippen molar-refractivity contribution in [3.05, 3.63) is 18.3 Å². The maximum absolute atomic E-state index is 5.11. The summed E-state index contributed by atoms with van der Waals surface area (Å²) >= 11 is 0. The Hall–Kier alpha value is -1.25. The molecule has 1 atom stereocenters. The summed E-state index contributed by atoms with van der Waals surface area (Å²) in [5.41, 5.74) is 0.361. The lowest BCUT2D eigenvalue weighted by atomic mass is 9.73. The van der Waals surface area contributed by atoms with Gasteiger partial charge in [-0.1, -0.05) is 26.7 Å². The summed E-state index contributed by atoms with van der Waals surface area (Å²) in [4.78, 5) is 4.37. The maximum atomic E-state index is 5.11. The molecule has 0 amide bonds. The van der Waals surface area contributed by atoms with Crippen molar-refractivity contribution < 1.29 is 4.74 Å². The molecule has 0 aromatic carbocycles. The van der Waals surface area contributed by atoms with Crippen LogP contribution in [0.3, 0.4) is 0 Å². The van der Waals surface area contributed by atoms with Crippen molar-refractivity contribution >= 4 is 5.82 Å². The minimum Gasteiger partial charge on any atom is -0.495 e. The van der Waals surface area contributed by atoms with Gasteiger partial charge in [0.2, 0.25) is 0 Å². The molecule has 0 bridgehead atoms. The normalized spacial score (nSPS) is 23.1. The minimum atomic E-state index is 0.361. The Balaban J connectivity index is 2.03. The van der Waals surface area contributed by atoms with Crippen molar-refractivity contribution in [1.29, 1.82) is 0 Å². The Morgan fingerprint density at radius 3 is 2.76 bits per heavy atom. The van der Waals surface area contributed by atoms with E-state index in [1.54, 1.807) is 13.3 Å². The Morgan fingerprint density at radius 1 is 1.35 bits per heavy atom. The highest BCUT2D eigenvalue weighted by Gasteiger charge is 2.32. The summed E-state index contributed by atoms with van der Waals surface area (Å²) in [5.74, 6) is 1.75. The summed E-state index contributed by atoms with van der Waals surface area (Å²) in [6, 6.07) is 4.46. The van der Waals surface area contributed by atoms with E-state index in [4.69, 9.17) is 4.74 Å². The number of methoxy groups -OCH3 is 1. The van der Waals surface area contributed by atoms with Gasteiger partial charge in [0.25, 0.3) is 0 Å². The lowest BCUT2D eigenvalue weighted by Gasteiger charge is -2.39. The number of hydrogen-bond donors (Lipinski definition) is 1. The fraction of sp³-hybridized carbons (Fsp3) is 0.643. The highest BCUT2D eigenvalue weighted by atomic mass is 16.5. The Morgan fingerprint density at radius 2 is 2.18 bits per heavy atom. The molecule has 3 heteroatoms. The van der Waals surface area contributed by atoms with E-state index in [1.807, 2.05) is 12.1 Å². The van der Waals surface area contributed by atoms with Crippen LogP contribution in [0.15, 0.2) is 18.3 Å². The number of anilines is 1. The van der Waals surface area contributed by atoms with Gasteiger partial charge in [0.15, 0.2) is 0 Å². The first-order chi connectivity index (χ1) is 8.12. The topological polar surface area (TPSA) is 34.1 Å². The zero-order chi connectivity index (χ0) is 12.3. The average Bonchev–Trinajstić information content (AvgIpc) is 2.33. The molecule has 1 aromatic rings. The predicted octanol–water partition coefficient (Wildman–Crippen LogP) is 3.47. The van der Waals surface area contributed by atoms with Crippen molar-refractivity contribution in [2.75, 3.05) is 12.4 Å². The zero-order valence-electron chi connectivity index (χ0n) is 11.0. The monoisotopic (exact) mass is 234 g/mol. The van der Waals surface area contributed by atoms with Gasteiger partial charge in [0.05, 0.1) is 13.3 Å². The molecule has 1 aromatic heterocycles. The SMILES string of the molecule is COc1ccc(NC2CCCCC2(C)C)nc1. The smallest absolute Gasteiger partial charge is 0.137 e. The molecule has 1 aliphatic rings. The van der Waals surface area contributed by atoms with Crippen LogP contribution in [0.4, 0.5) is 5.82 Å².